The molecule has 1 amide bonds. The smallest absolute Gasteiger partial charge is 0.219 e. The maximum atomic E-state index is 11.5. The van der Waals surface area contributed by atoms with Crippen molar-refractivity contribution in [3.63, 3.8) is 0 Å². The van der Waals surface area contributed by atoms with Crippen molar-refractivity contribution in [2.45, 2.75) is 26.3 Å². The summed E-state index contributed by atoms with van der Waals surface area (Å²) in [6, 6.07) is 15.7. The fraction of sp³-hybridized carbons (Fsp3) is 0.333. The summed E-state index contributed by atoms with van der Waals surface area (Å²) >= 11 is 0. The van der Waals surface area contributed by atoms with Gasteiger partial charge in [0.15, 0.2) is 11.5 Å². The van der Waals surface area contributed by atoms with Gasteiger partial charge in [-0.05, 0) is 24.3 Å². The van der Waals surface area contributed by atoms with E-state index < -0.39 is 0 Å². The van der Waals surface area contributed by atoms with E-state index in [0.717, 1.165) is 28.4 Å². The molecule has 0 aliphatic heterocycles. The molecule has 0 aliphatic rings. The molecule has 0 saturated heterocycles. The molecule has 0 bridgehead atoms. The van der Waals surface area contributed by atoms with Gasteiger partial charge in [-0.25, -0.2) is 4.98 Å². The van der Waals surface area contributed by atoms with Crippen LogP contribution in [0.3, 0.4) is 0 Å². The number of fused-ring (bicyclic) bond motifs is 1. The Hall–Kier alpha value is -3.02. The van der Waals surface area contributed by atoms with Crippen molar-refractivity contribution in [3.05, 3.63) is 54.4 Å². The van der Waals surface area contributed by atoms with E-state index in [9.17, 15) is 4.79 Å². The predicted octanol–water partition coefficient (Wildman–Crippen LogP) is 3.19. The van der Waals surface area contributed by atoms with E-state index in [1.807, 2.05) is 49.4 Å². The number of nitrogens with zero attached hydrogens (tertiary/aromatic N) is 2. The lowest BCUT2D eigenvalue weighted by Gasteiger charge is -2.13. The van der Waals surface area contributed by atoms with Crippen LogP contribution in [0.4, 0.5) is 0 Å². The lowest BCUT2D eigenvalue weighted by Crippen LogP contribution is -2.25. The highest BCUT2D eigenvalue weighted by Crippen LogP contribution is 2.26. The molecule has 2 aromatic carbocycles. The summed E-state index contributed by atoms with van der Waals surface area (Å²) in [6.07, 6.45) is 1.16. The summed E-state index contributed by atoms with van der Waals surface area (Å²) in [7, 11) is 1.63. The Kier molecular flexibility index (Phi) is 6.30. The molecular formula is C21H25N3O3. The third-order valence-corrected chi connectivity index (χ3v) is 4.37. The van der Waals surface area contributed by atoms with Gasteiger partial charge in [-0.1, -0.05) is 31.2 Å². The van der Waals surface area contributed by atoms with Crippen molar-refractivity contribution >= 4 is 16.9 Å². The van der Waals surface area contributed by atoms with Gasteiger partial charge in [0.2, 0.25) is 5.91 Å². The highest BCUT2D eigenvalue weighted by molar-refractivity contribution is 5.76. The number of hydrogen-bond acceptors (Lipinski definition) is 4. The number of hydrogen-bond donors (Lipinski definition) is 1. The largest absolute Gasteiger partial charge is 0.493 e. The first-order valence-electron chi connectivity index (χ1n) is 9.19. The second-order valence-electron chi connectivity index (χ2n) is 6.12. The molecule has 142 valence electrons. The van der Waals surface area contributed by atoms with Crippen LogP contribution in [0.1, 0.15) is 19.2 Å². The summed E-state index contributed by atoms with van der Waals surface area (Å²) < 4.78 is 13.4. The monoisotopic (exact) mass is 367 g/mol. The number of rotatable bonds is 9. The Bertz CT molecular complexity index is 905. The van der Waals surface area contributed by atoms with Crippen molar-refractivity contribution in [2.24, 2.45) is 0 Å². The Morgan fingerprint density at radius 1 is 1.11 bits per heavy atom. The molecule has 1 aromatic heterocycles. The molecule has 1 N–H and O–H groups in total. The minimum atomic E-state index is 0.0529. The molecule has 6 nitrogen and oxygen atoms in total. The number of para-hydroxylation sites is 4. The summed E-state index contributed by atoms with van der Waals surface area (Å²) in [5.74, 6) is 2.44. The minimum absolute atomic E-state index is 0.0529. The maximum absolute atomic E-state index is 11.5. The van der Waals surface area contributed by atoms with E-state index in [4.69, 9.17) is 14.5 Å². The third-order valence-electron chi connectivity index (χ3n) is 4.37. The van der Waals surface area contributed by atoms with Gasteiger partial charge in [0, 0.05) is 19.4 Å². The van der Waals surface area contributed by atoms with Crippen LogP contribution in [0.25, 0.3) is 11.0 Å². The number of nitrogens with one attached hydrogen (secondary N) is 1. The summed E-state index contributed by atoms with van der Waals surface area (Å²) in [6.45, 7) is 3.58. The number of carbonyl (C=O) groups is 1. The first-order chi connectivity index (χ1) is 13.2. The number of aromatic nitrogens is 2. The van der Waals surface area contributed by atoms with Gasteiger partial charge in [-0.15, -0.1) is 0 Å². The molecule has 6 heteroatoms. The van der Waals surface area contributed by atoms with E-state index in [-0.39, 0.29) is 5.91 Å². The molecule has 0 spiro atoms. The van der Waals surface area contributed by atoms with Crippen molar-refractivity contribution in [1.29, 1.82) is 0 Å². The molecule has 0 radical (unpaired) electrons. The first-order valence-corrected chi connectivity index (χ1v) is 9.19. The standard InChI is InChI=1S/C21H25N3O3/c1-3-21(25)22-13-12-20-23-16-8-4-5-9-17(16)24(20)14-15-27-19-11-7-6-10-18(19)26-2/h4-11H,3,12-15H2,1-2H3,(H,22,25). The average Bonchev–Trinajstić information content (AvgIpc) is 3.05. The number of carbonyl (C=O) groups excluding carboxylic acids is 1. The van der Waals surface area contributed by atoms with Gasteiger partial charge in [0.05, 0.1) is 24.7 Å². The number of amides is 1. The van der Waals surface area contributed by atoms with Crippen molar-refractivity contribution in [3.8, 4) is 11.5 Å². The van der Waals surface area contributed by atoms with Crippen LogP contribution in [0.2, 0.25) is 0 Å². The molecule has 3 rings (SSSR count). The van der Waals surface area contributed by atoms with Crippen LogP contribution in [0, 0.1) is 0 Å². The van der Waals surface area contributed by atoms with E-state index >= 15 is 0 Å². The molecule has 0 aliphatic carbocycles. The molecule has 3 aromatic rings. The molecule has 0 atom stereocenters. The van der Waals surface area contributed by atoms with E-state index in [2.05, 4.69) is 16.0 Å². The van der Waals surface area contributed by atoms with Crippen LogP contribution >= 0.6 is 0 Å². The van der Waals surface area contributed by atoms with Gasteiger partial charge >= 0.3 is 0 Å². The van der Waals surface area contributed by atoms with Crippen molar-refractivity contribution in [2.75, 3.05) is 20.3 Å². The summed E-state index contributed by atoms with van der Waals surface area (Å²) in [5.41, 5.74) is 2.02. The average molecular weight is 367 g/mol. The molecular weight excluding hydrogens is 342 g/mol. The third kappa shape index (κ3) is 4.58. The predicted molar refractivity (Wildman–Crippen MR) is 105 cm³/mol. The second kappa shape index (κ2) is 9.07. The van der Waals surface area contributed by atoms with Gasteiger partial charge in [-0.3, -0.25) is 4.79 Å². The fourth-order valence-electron chi connectivity index (χ4n) is 2.99. The number of benzene rings is 2. The fourth-order valence-corrected chi connectivity index (χ4v) is 2.99. The number of imidazole rings is 1. The Morgan fingerprint density at radius 3 is 2.63 bits per heavy atom. The Balaban J connectivity index is 1.72. The zero-order valence-electron chi connectivity index (χ0n) is 15.8. The zero-order valence-corrected chi connectivity index (χ0v) is 15.8. The molecule has 1 heterocycles. The van der Waals surface area contributed by atoms with Crippen molar-refractivity contribution in [1.82, 2.24) is 14.9 Å². The van der Waals surface area contributed by atoms with Gasteiger partial charge in [0.1, 0.15) is 12.4 Å². The lowest BCUT2D eigenvalue weighted by molar-refractivity contribution is -0.120. The Labute approximate surface area is 159 Å². The topological polar surface area (TPSA) is 65.4 Å². The second-order valence-corrected chi connectivity index (χ2v) is 6.12. The van der Waals surface area contributed by atoms with Gasteiger partial charge in [0.25, 0.3) is 0 Å². The van der Waals surface area contributed by atoms with Gasteiger partial charge < -0.3 is 19.4 Å². The summed E-state index contributed by atoms with van der Waals surface area (Å²) in [4.78, 5) is 16.2. The maximum Gasteiger partial charge on any atom is 0.219 e. The Morgan fingerprint density at radius 2 is 1.85 bits per heavy atom. The first kappa shape index (κ1) is 18.8. The quantitative estimate of drug-likeness (QED) is 0.631. The van der Waals surface area contributed by atoms with E-state index in [1.165, 1.54) is 0 Å². The SMILES string of the molecule is CCC(=O)NCCc1nc2ccccc2n1CCOc1ccccc1OC. The van der Waals surface area contributed by atoms with Crippen LogP contribution < -0.4 is 14.8 Å². The molecule has 0 unspecified atom stereocenters. The minimum Gasteiger partial charge on any atom is -0.493 e. The highest BCUT2D eigenvalue weighted by Gasteiger charge is 2.11. The van der Waals surface area contributed by atoms with E-state index in [0.29, 0.717) is 32.5 Å². The van der Waals surface area contributed by atoms with Gasteiger partial charge in [-0.2, -0.15) is 0 Å². The molecule has 0 fully saturated rings. The normalized spacial score (nSPS) is 10.7. The zero-order chi connectivity index (χ0) is 19.1. The van der Waals surface area contributed by atoms with Crippen molar-refractivity contribution < 1.29 is 14.3 Å². The van der Waals surface area contributed by atoms with Crippen LogP contribution in [-0.2, 0) is 17.8 Å². The summed E-state index contributed by atoms with van der Waals surface area (Å²) in [5, 5.41) is 2.91. The lowest BCUT2D eigenvalue weighted by atomic mass is 10.3. The van der Waals surface area contributed by atoms with Crippen LogP contribution in [0.5, 0.6) is 11.5 Å². The molecule has 0 saturated carbocycles. The molecule has 27 heavy (non-hydrogen) atoms. The highest BCUT2D eigenvalue weighted by atomic mass is 16.5. The van der Waals surface area contributed by atoms with Crippen LogP contribution in [0.15, 0.2) is 48.5 Å². The number of methoxy groups -OCH3 is 1. The van der Waals surface area contributed by atoms with E-state index in [1.54, 1.807) is 7.11 Å². The number of ether oxygens (including phenoxy) is 2. The van der Waals surface area contributed by atoms with Crippen LogP contribution in [-0.4, -0.2) is 35.7 Å².